The van der Waals surface area contributed by atoms with Crippen molar-refractivity contribution >= 4 is 11.7 Å². The van der Waals surface area contributed by atoms with E-state index in [9.17, 15) is 4.79 Å². The second-order valence-electron chi connectivity index (χ2n) is 4.82. The maximum atomic E-state index is 11.9. The first-order valence-corrected chi connectivity index (χ1v) is 6.82. The number of para-hydroxylation sites is 1. The van der Waals surface area contributed by atoms with Crippen LogP contribution in [0.1, 0.15) is 30.6 Å². The first-order chi connectivity index (χ1) is 9.22. The van der Waals surface area contributed by atoms with E-state index in [1.807, 2.05) is 25.1 Å². The molecule has 1 saturated heterocycles. The molecule has 1 aromatic carbocycles. The number of hydrogen-bond acceptors (Lipinski definition) is 4. The van der Waals surface area contributed by atoms with E-state index < -0.39 is 0 Å². The summed E-state index contributed by atoms with van der Waals surface area (Å²) in [5, 5.41) is 3.41. The highest BCUT2D eigenvalue weighted by Crippen LogP contribution is 2.23. The lowest BCUT2D eigenvalue weighted by molar-refractivity contribution is 0.0527. The van der Waals surface area contributed by atoms with Gasteiger partial charge in [0, 0.05) is 24.3 Å². The Kier molecular flexibility index (Phi) is 4.80. The van der Waals surface area contributed by atoms with Crippen molar-refractivity contribution in [3.8, 4) is 0 Å². The van der Waals surface area contributed by atoms with Crippen LogP contribution in [0, 0.1) is 5.92 Å². The van der Waals surface area contributed by atoms with Crippen molar-refractivity contribution in [3.63, 3.8) is 0 Å². The second kappa shape index (κ2) is 6.57. The van der Waals surface area contributed by atoms with E-state index >= 15 is 0 Å². The Labute approximate surface area is 114 Å². The molecule has 0 aliphatic carbocycles. The van der Waals surface area contributed by atoms with E-state index in [0.29, 0.717) is 18.1 Å². The lowest BCUT2D eigenvalue weighted by Crippen LogP contribution is -2.27. The first-order valence-electron chi connectivity index (χ1n) is 6.82. The van der Waals surface area contributed by atoms with Crippen molar-refractivity contribution in [3.05, 3.63) is 29.8 Å². The van der Waals surface area contributed by atoms with Crippen LogP contribution in [0.25, 0.3) is 0 Å². The van der Waals surface area contributed by atoms with E-state index in [1.54, 1.807) is 6.07 Å². The molecule has 2 unspecified atom stereocenters. The standard InChI is InChI=1S/C15H21NO3/c1-3-19-15(17)13-6-4-5-7-14(13)16-11(2)12-8-9-18-10-12/h4-7,11-12,16H,3,8-10H2,1-2H3. The molecular weight excluding hydrogens is 242 g/mol. The molecule has 0 saturated carbocycles. The third-order valence-electron chi connectivity index (χ3n) is 3.48. The van der Waals surface area contributed by atoms with Gasteiger partial charge in [-0.25, -0.2) is 4.79 Å². The summed E-state index contributed by atoms with van der Waals surface area (Å²) in [5.74, 6) is 0.218. The SMILES string of the molecule is CCOC(=O)c1ccccc1NC(C)C1CCOC1. The van der Waals surface area contributed by atoms with Gasteiger partial charge < -0.3 is 14.8 Å². The molecule has 1 aliphatic heterocycles. The molecule has 0 radical (unpaired) electrons. The van der Waals surface area contributed by atoms with Gasteiger partial charge in [0.05, 0.1) is 18.8 Å². The molecule has 2 rings (SSSR count). The highest BCUT2D eigenvalue weighted by molar-refractivity contribution is 5.95. The lowest BCUT2D eigenvalue weighted by Gasteiger charge is -2.21. The molecule has 0 aromatic heterocycles. The number of hydrogen-bond donors (Lipinski definition) is 1. The minimum Gasteiger partial charge on any atom is -0.462 e. The zero-order chi connectivity index (χ0) is 13.7. The van der Waals surface area contributed by atoms with Crippen molar-refractivity contribution in [1.29, 1.82) is 0 Å². The van der Waals surface area contributed by atoms with Gasteiger partial charge in [-0.05, 0) is 32.4 Å². The number of anilines is 1. The molecule has 19 heavy (non-hydrogen) atoms. The highest BCUT2D eigenvalue weighted by Gasteiger charge is 2.23. The number of rotatable bonds is 5. The summed E-state index contributed by atoms with van der Waals surface area (Å²) in [6.07, 6.45) is 1.07. The monoisotopic (exact) mass is 263 g/mol. The molecule has 1 aromatic rings. The molecule has 0 amide bonds. The van der Waals surface area contributed by atoms with Crippen LogP contribution in [0.5, 0.6) is 0 Å². The quantitative estimate of drug-likeness (QED) is 0.830. The van der Waals surface area contributed by atoms with E-state index in [1.165, 1.54) is 0 Å². The Bertz CT molecular complexity index is 427. The minimum absolute atomic E-state index is 0.276. The lowest BCUT2D eigenvalue weighted by atomic mass is 10.00. The first kappa shape index (κ1) is 13.9. The largest absolute Gasteiger partial charge is 0.462 e. The van der Waals surface area contributed by atoms with Gasteiger partial charge in [-0.1, -0.05) is 12.1 Å². The van der Waals surface area contributed by atoms with Crippen LogP contribution in [0.3, 0.4) is 0 Å². The Morgan fingerprint density at radius 2 is 2.32 bits per heavy atom. The summed E-state index contributed by atoms with van der Waals surface area (Å²) >= 11 is 0. The summed E-state index contributed by atoms with van der Waals surface area (Å²) in [4.78, 5) is 11.9. The Balaban J connectivity index is 2.08. The zero-order valence-corrected chi connectivity index (χ0v) is 11.5. The predicted molar refractivity (Wildman–Crippen MR) is 74.4 cm³/mol. The molecule has 2 atom stereocenters. The van der Waals surface area contributed by atoms with Crippen LogP contribution in [0.2, 0.25) is 0 Å². The fourth-order valence-electron chi connectivity index (χ4n) is 2.31. The summed E-state index contributed by atoms with van der Waals surface area (Å²) in [7, 11) is 0. The number of carbonyl (C=O) groups excluding carboxylic acids is 1. The van der Waals surface area contributed by atoms with Gasteiger partial charge in [-0.15, -0.1) is 0 Å². The summed E-state index contributed by atoms with van der Waals surface area (Å²) in [5.41, 5.74) is 1.43. The van der Waals surface area contributed by atoms with Crippen molar-refractivity contribution in [2.75, 3.05) is 25.1 Å². The van der Waals surface area contributed by atoms with Crippen LogP contribution < -0.4 is 5.32 Å². The second-order valence-corrected chi connectivity index (χ2v) is 4.82. The maximum absolute atomic E-state index is 11.9. The Hall–Kier alpha value is -1.55. The Morgan fingerprint density at radius 1 is 1.53 bits per heavy atom. The number of nitrogens with one attached hydrogen (secondary N) is 1. The maximum Gasteiger partial charge on any atom is 0.340 e. The minimum atomic E-state index is -0.277. The number of benzene rings is 1. The number of carbonyl (C=O) groups is 1. The third-order valence-corrected chi connectivity index (χ3v) is 3.48. The van der Waals surface area contributed by atoms with Gasteiger partial charge in [0.15, 0.2) is 0 Å². The average Bonchev–Trinajstić information content (AvgIpc) is 2.93. The van der Waals surface area contributed by atoms with Gasteiger partial charge in [0.1, 0.15) is 0 Å². The highest BCUT2D eigenvalue weighted by atomic mass is 16.5. The molecule has 1 N–H and O–H groups in total. The van der Waals surface area contributed by atoms with Crippen LogP contribution in [-0.2, 0) is 9.47 Å². The van der Waals surface area contributed by atoms with Crippen LogP contribution in [-0.4, -0.2) is 31.8 Å². The van der Waals surface area contributed by atoms with Crippen LogP contribution in [0.4, 0.5) is 5.69 Å². The van der Waals surface area contributed by atoms with Gasteiger partial charge in [-0.3, -0.25) is 0 Å². The fourth-order valence-corrected chi connectivity index (χ4v) is 2.31. The van der Waals surface area contributed by atoms with Crippen LogP contribution >= 0.6 is 0 Å². The van der Waals surface area contributed by atoms with Crippen LogP contribution in [0.15, 0.2) is 24.3 Å². The van der Waals surface area contributed by atoms with Gasteiger partial charge in [0.25, 0.3) is 0 Å². The topological polar surface area (TPSA) is 47.6 Å². The molecule has 1 aliphatic rings. The van der Waals surface area contributed by atoms with E-state index in [0.717, 1.165) is 25.3 Å². The molecule has 1 heterocycles. The van der Waals surface area contributed by atoms with Gasteiger partial charge in [-0.2, -0.15) is 0 Å². The average molecular weight is 263 g/mol. The van der Waals surface area contributed by atoms with Gasteiger partial charge in [0.2, 0.25) is 0 Å². The van der Waals surface area contributed by atoms with Crippen molar-refractivity contribution in [2.24, 2.45) is 5.92 Å². The summed E-state index contributed by atoms with van der Waals surface area (Å²) < 4.78 is 10.5. The third kappa shape index (κ3) is 3.47. The molecule has 0 spiro atoms. The van der Waals surface area contributed by atoms with Gasteiger partial charge >= 0.3 is 5.97 Å². The van der Waals surface area contributed by atoms with E-state index in [2.05, 4.69) is 12.2 Å². The van der Waals surface area contributed by atoms with E-state index in [4.69, 9.17) is 9.47 Å². The van der Waals surface area contributed by atoms with E-state index in [-0.39, 0.29) is 12.0 Å². The van der Waals surface area contributed by atoms with Crippen molar-refractivity contribution in [2.45, 2.75) is 26.3 Å². The zero-order valence-electron chi connectivity index (χ0n) is 11.5. The smallest absolute Gasteiger partial charge is 0.340 e. The fraction of sp³-hybridized carbons (Fsp3) is 0.533. The molecule has 1 fully saturated rings. The summed E-state index contributed by atoms with van der Waals surface area (Å²) in [6.45, 7) is 5.94. The number of esters is 1. The van der Waals surface area contributed by atoms with Crippen molar-refractivity contribution < 1.29 is 14.3 Å². The normalized spacial score (nSPS) is 20.0. The van der Waals surface area contributed by atoms with Crippen molar-refractivity contribution in [1.82, 2.24) is 0 Å². The molecule has 0 bridgehead atoms. The molecule has 4 nitrogen and oxygen atoms in total. The molecular formula is C15H21NO3. The Morgan fingerprint density at radius 3 is 3.00 bits per heavy atom. The number of ether oxygens (including phenoxy) is 2. The predicted octanol–water partition coefficient (Wildman–Crippen LogP) is 2.70. The molecule has 4 heteroatoms. The molecule has 104 valence electrons. The summed E-state index contributed by atoms with van der Waals surface area (Å²) in [6, 6.07) is 7.75.